The van der Waals surface area contributed by atoms with Crippen molar-refractivity contribution in [2.75, 3.05) is 0 Å². The number of rotatable bonds is 1. The summed E-state index contributed by atoms with van der Waals surface area (Å²) in [6.07, 6.45) is 10.3. The van der Waals surface area contributed by atoms with Crippen molar-refractivity contribution >= 4 is 0 Å². The molecule has 0 aromatic heterocycles. The third kappa shape index (κ3) is 4.57. The lowest BCUT2D eigenvalue weighted by Crippen LogP contribution is -2.14. The van der Waals surface area contributed by atoms with Gasteiger partial charge in [-0.05, 0) is 63.9 Å². The zero-order chi connectivity index (χ0) is 16.3. The van der Waals surface area contributed by atoms with Gasteiger partial charge in [0.2, 0.25) is 0 Å². The molecule has 0 amide bonds. The Hall–Kier alpha value is -0.860. The van der Waals surface area contributed by atoms with E-state index in [9.17, 15) is 5.11 Å². The second-order valence-electron chi connectivity index (χ2n) is 7.55. The highest BCUT2D eigenvalue weighted by Crippen LogP contribution is 2.44. The van der Waals surface area contributed by atoms with E-state index in [4.69, 9.17) is 4.74 Å². The Balaban J connectivity index is 2.13. The number of epoxide rings is 1. The van der Waals surface area contributed by atoms with Crippen LogP contribution in [0.15, 0.2) is 35.5 Å². The van der Waals surface area contributed by atoms with Crippen molar-refractivity contribution < 1.29 is 9.84 Å². The summed E-state index contributed by atoms with van der Waals surface area (Å²) in [4.78, 5) is 0. The Kier molecular flexibility index (Phi) is 5.68. The third-order valence-corrected chi connectivity index (χ3v) is 5.24. The van der Waals surface area contributed by atoms with Crippen molar-refractivity contribution in [3.05, 3.63) is 35.5 Å². The summed E-state index contributed by atoms with van der Waals surface area (Å²) in [6.45, 7) is 12.9. The van der Waals surface area contributed by atoms with Gasteiger partial charge in [0.1, 0.15) is 0 Å². The highest BCUT2D eigenvalue weighted by Gasteiger charge is 2.50. The number of hydrogen-bond donors (Lipinski definition) is 1. The average molecular weight is 304 g/mol. The predicted octanol–water partition coefficient (Wildman–Crippen LogP) is 4.94. The maximum absolute atomic E-state index is 10.4. The first-order chi connectivity index (χ1) is 10.3. The fourth-order valence-corrected chi connectivity index (χ4v) is 3.27. The average Bonchev–Trinajstić information content (AvgIpc) is 3.10. The molecule has 0 radical (unpaired) electrons. The fourth-order valence-electron chi connectivity index (χ4n) is 3.27. The van der Waals surface area contributed by atoms with E-state index in [0.717, 1.165) is 44.1 Å². The molecule has 1 aliphatic carbocycles. The van der Waals surface area contributed by atoms with Crippen LogP contribution in [0.4, 0.5) is 0 Å². The zero-order valence-corrected chi connectivity index (χ0v) is 14.7. The quantitative estimate of drug-likeness (QED) is 0.549. The molecule has 2 nitrogen and oxygen atoms in total. The maximum atomic E-state index is 10.4. The monoisotopic (exact) mass is 304 g/mol. The van der Waals surface area contributed by atoms with E-state index in [1.807, 2.05) is 6.08 Å². The Morgan fingerprint density at radius 2 is 2.05 bits per heavy atom. The second-order valence-corrected chi connectivity index (χ2v) is 7.55. The van der Waals surface area contributed by atoms with Crippen molar-refractivity contribution in [2.24, 2.45) is 5.92 Å². The molecule has 124 valence electrons. The minimum Gasteiger partial charge on any atom is -0.385 e. The lowest BCUT2D eigenvalue weighted by atomic mass is 9.89. The highest BCUT2D eigenvalue weighted by atomic mass is 16.6. The number of ether oxygens (including phenoxy) is 1. The summed E-state index contributed by atoms with van der Waals surface area (Å²) in [6, 6.07) is 0. The summed E-state index contributed by atoms with van der Waals surface area (Å²) in [7, 11) is 0. The molecule has 22 heavy (non-hydrogen) atoms. The smallest absolute Gasteiger partial charge is 0.0932 e. The molecule has 2 rings (SSSR count). The van der Waals surface area contributed by atoms with E-state index in [2.05, 4.69) is 40.3 Å². The molecule has 0 saturated carbocycles. The summed E-state index contributed by atoms with van der Waals surface area (Å²) in [5.41, 5.74) is 3.72. The molecule has 1 saturated heterocycles. The normalized spacial score (nSPS) is 39.3. The number of aliphatic hydroxyl groups excluding tert-OH is 1. The number of allylic oxidation sites excluding steroid dienone is 3. The minimum absolute atomic E-state index is 0.0420. The van der Waals surface area contributed by atoms with E-state index < -0.39 is 6.10 Å². The van der Waals surface area contributed by atoms with Gasteiger partial charge in [-0.3, -0.25) is 0 Å². The van der Waals surface area contributed by atoms with Crippen molar-refractivity contribution in [1.29, 1.82) is 0 Å². The maximum Gasteiger partial charge on any atom is 0.0932 e. The van der Waals surface area contributed by atoms with Gasteiger partial charge in [-0.1, -0.05) is 43.7 Å². The molecule has 0 aromatic rings. The molecule has 0 bridgehead atoms. The molecule has 2 heteroatoms. The van der Waals surface area contributed by atoms with E-state index in [1.165, 1.54) is 11.1 Å². The molecule has 1 fully saturated rings. The largest absolute Gasteiger partial charge is 0.385 e. The molecule has 3 atom stereocenters. The molecule has 1 N–H and O–H groups in total. The number of hydrogen-bond acceptors (Lipinski definition) is 2. The molecule has 0 unspecified atom stereocenters. The summed E-state index contributed by atoms with van der Waals surface area (Å²) >= 11 is 0. The van der Waals surface area contributed by atoms with Crippen molar-refractivity contribution in [2.45, 2.75) is 84.0 Å². The van der Waals surface area contributed by atoms with Crippen LogP contribution >= 0.6 is 0 Å². The lowest BCUT2D eigenvalue weighted by Gasteiger charge is -2.17. The number of aliphatic hydroxyl groups is 1. The summed E-state index contributed by atoms with van der Waals surface area (Å²) in [5.74, 6) is 0.457. The third-order valence-electron chi connectivity index (χ3n) is 5.24. The first-order valence-electron chi connectivity index (χ1n) is 8.71. The van der Waals surface area contributed by atoms with Gasteiger partial charge in [0, 0.05) is 0 Å². The first-order valence-corrected chi connectivity index (χ1v) is 8.71. The van der Waals surface area contributed by atoms with Crippen LogP contribution < -0.4 is 0 Å². The van der Waals surface area contributed by atoms with Crippen LogP contribution in [0.25, 0.3) is 0 Å². The Labute approximate surface area is 136 Å². The van der Waals surface area contributed by atoms with Crippen molar-refractivity contribution in [1.82, 2.24) is 0 Å². The fraction of sp³-hybridized carbons (Fsp3) is 0.700. The molecular formula is C20H32O2. The highest BCUT2D eigenvalue weighted by molar-refractivity contribution is 5.19. The van der Waals surface area contributed by atoms with E-state index >= 15 is 0 Å². The van der Waals surface area contributed by atoms with Crippen molar-refractivity contribution in [3.8, 4) is 0 Å². The second kappa shape index (κ2) is 7.14. The Bertz CT molecular complexity index is 472. The Morgan fingerprint density at radius 1 is 1.32 bits per heavy atom. The summed E-state index contributed by atoms with van der Waals surface area (Å²) in [5, 5.41) is 10.4. The zero-order valence-electron chi connectivity index (χ0n) is 14.7. The summed E-state index contributed by atoms with van der Waals surface area (Å²) < 4.78 is 5.97. The van der Waals surface area contributed by atoms with E-state index in [0.29, 0.717) is 12.0 Å². The van der Waals surface area contributed by atoms with E-state index in [1.54, 1.807) is 0 Å². The van der Waals surface area contributed by atoms with Crippen LogP contribution in [0.3, 0.4) is 0 Å². The van der Waals surface area contributed by atoms with Crippen LogP contribution in [0, 0.1) is 5.92 Å². The molecule has 1 heterocycles. The van der Waals surface area contributed by atoms with Crippen LogP contribution in [0.1, 0.15) is 66.2 Å². The van der Waals surface area contributed by atoms with Crippen molar-refractivity contribution in [3.63, 3.8) is 0 Å². The Morgan fingerprint density at radius 3 is 2.73 bits per heavy atom. The van der Waals surface area contributed by atoms with Gasteiger partial charge < -0.3 is 9.84 Å². The van der Waals surface area contributed by atoms with Crippen LogP contribution in [-0.4, -0.2) is 22.9 Å². The SMILES string of the molecule is C=C1CC/C=C(\C)CC[C@@H]2O[C@@]2(C)CC/C(C(C)C)=C\[C@@H]1O. The van der Waals surface area contributed by atoms with E-state index in [-0.39, 0.29) is 5.60 Å². The van der Waals surface area contributed by atoms with Gasteiger partial charge in [-0.25, -0.2) is 0 Å². The van der Waals surface area contributed by atoms with Crippen LogP contribution in [-0.2, 0) is 4.74 Å². The molecule has 0 spiro atoms. The minimum atomic E-state index is -0.516. The first kappa shape index (κ1) is 17.5. The standard InChI is InChI=1S/C20H32O2/c1-14(2)17-11-12-20(5)19(22-20)10-9-15(3)7-6-8-16(4)18(21)13-17/h7,13-14,18-19,21H,4,6,8-12H2,1-3,5H3/b15-7+,17-13+/t18-,19-,20-/m0/s1. The molecule has 0 aromatic carbocycles. The molecular weight excluding hydrogens is 272 g/mol. The predicted molar refractivity (Wildman–Crippen MR) is 92.8 cm³/mol. The molecule has 2 aliphatic rings. The van der Waals surface area contributed by atoms with Gasteiger partial charge in [-0.15, -0.1) is 0 Å². The van der Waals surface area contributed by atoms with Crippen LogP contribution in [0.2, 0.25) is 0 Å². The van der Waals surface area contributed by atoms with Gasteiger partial charge >= 0.3 is 0 Å². The molecule has 1 aliphatic heterocycles. The van der Waals surface area contributed by atoms with Gasteiger partial charge in [0.25, 0.3) is 0 Å². The van der Waals surface area contributed by atoms with Crippen LogP contribution in [0.5, 0.6) is 0 Å². The van der Waals surface area contributed by atoms with Gasteiger partial charge in [-0.2, -0.15) is 0 Å². The number of fused-ring (bicyclic) bond motifs is 1. The van der Waals surface area contributed by atoms with Gasteiger partial charge in [0.05, 0.1) is 17.8 Å². The topological polar surface area (TPSA) is 32.8 Å². The lowest BCUT2D eigenvalue weighted by molar-refractivity contribution is 0.252. The van der Waals surface area contributed by atoms with Gasteiger partial charge in [0.15, 0.2) is 0 Å².